The number of carbonyl (C=O) groups is 1. The standard InChI is InChI=1S/C11H10ClF3O4/c1-19-10(18)9(17)8(16)6-4-5(12)2-3-7(6)11(13,14)15/h2-4,8-9,16-17H,1H3. The lowest BCUT2D eigenvalue weighted by Gasteiger charge is -2.20. The van der Waals surface area contributed by atoms with Gasteiger partial charge in [-0.1, -0.05) is 11.6 Å². The predicted octanol–water partition coefficient (Wildman–Crippen LogP) is 1.93. The zero-order chi connectivity index (χ0) is 14.8. The summed E-state index contributed by atoms with van der Waals surface area (Å²) in [7, 11) is 0.931. The molecule has 0 aliphatic rings. The van der Waals surface area contributed by atoms with Gasteiger partial charge in [-0.15, -0.1) is 0 Å². The maximum atomic E-state index is 12.7. The van der Waals surface area contributed by atoms with E-state index in [0.29, 0.717) is 6.07 Å². The summed E-state index contributed by atoms with van der Waals surface area (Å²) in [6.07, 6.45) is -8.98. The van der Waals surface area contributed by atoms with Gasteiger partial charge in [-0.05, 0) is 23.8 Å². The van der Waals surface area contributed by atoms with Gasteiger partial charge in [-0.2, -0.15) is 13.2 Å². The first-order chi connectivity index (χ1) is 8.68. The molecule has 0 aliphatic heterocycles. The molecule has 0 fully saturated rings. The first kappa shape index (κ1) is 15.7. The highest BCUT2D eigenvalue weighted by atomic mass is 35.5. The summed E-state index contributed by atoms with van der Waals surface area (Å²) < 4.78 is 42.4. The average molecular weight is 299 g/mol. The maximum Gasteiger partial charge on any atom is 0.416 e. The molecule has 0 saturated heterocycles. The molecular weight excluding hydrogens is 289 g/mol. The smallest absolute Gasteiger partial charge is 0.416 e. The molecule has 0 aliphatic carbocycles. The van der Waals surface area contributed by atoms with E-state index in [9.17, 15) is 28.2 Å². The Labute approximate surface area is 111 Å². The number of ether oxygens (including phenoxy) is 1. The molecule has 0 saturated carbocycles. The highest BCUT2D eigenvalue weighted by molar-refractivity contribution is 6.30. The second-order valence-corrected chi connectivity index (χ2v) is 4.08. The summed E-state index contributed by atoms with van der Waals surface area (Å²) in [6.45, 7) is 0. The van der Waals surface area contributed by atoms with E-state index in [1.54, 1.807) is 0 Å². The minimum Gasteiger partial charge on any atom is -0.467 e. The molecule has 0 spiro atoms. The van der Waals surface area contributed by atoms with E-state index in [2.05, 4.69) is 4.74 Å². The van der Waals surface area contributed by atoms with E-state index in [4.69, 9.17) is 11.6 Å². The van der Waals surface area contributed by atoms with Crippen molar-refractivity contribution in [2.24, 2.45) is 0 Å². The summed E-state index contributed by atoms with van der Waals surface area (Å²) >= 11 is 5.55. The van der Waals surface area contributed by atoms with Crippen LogP contribution in [0.3, 0.4) is 0 Å². The van der Waals surface area contributed by atoms with Crippen LogP contribution in [0.2, 0.25) is 5.02 Å². The summed E-state index contributed by atoms with van der Waals surface area (Å²) in [6, 6.07) is 2.48. The largest absolute Gasteiger partial charge is 0.467 e. The van der Waals surface area contributed by atoms with Crippen LogP contribution in [0.1, 0.15) is 17.2 Å². The zero-order valence-electron chi connectivity index (χ0n) is 9.61. The van der Waals surface area contributed by atoms with Crippen LogP contribution in [0.5, 0.6) is 0 Å². The van der Waals surface area contributed by atoms with Gasteiger partial charge in [-0.3, -0.25) is 0 Å². The Kier molecular flexibility index (Phi) is 4.78. The fraction of sp³-hybridized carbons (Fsp3) is 0.364. The monoisotopic (exact) mass is 298 g/mol. The van der Waals surface area contributed by atoms with Crippen molar-refractivity contribution in [1.82, 2.24) is 0 Å². The van der Waals surface area contributed by atoms with E-state index in [0.717, 1.165) is 19.2 Å². The molecule has 1 aromatic carbocycles. The third kappa shape index (κ3) is 3.59. The molecule has 4 nitrogen and oxygen atoms in total. The van der Waals surface area contributed by atoms with Crippen LogP contribution < -0.4 is 0 Å². The Morgan fingerprint density at radius 1 is 1.37 bits per heavy atom. The lowest BCUT2D eigenvalue weighted by Crippen LogP contribution is -2.30. The molecule has 8 heteroatoms. The molecule has 0 radical (unpaired) electrons. The van der Waals surface area contributed by atoms with Crippen LogP contribution in [0.25, 0.3) is 0 Å². The van der Waals surface area contributed by atoms with Crippen molar-refractivity contribution >= 4 is 17.6 Å². The van der Waals surface area contributed by atoms with E-state index < -0.39 is 35.5 Å². The molecule has 0 bridgehead atoms. The number of hydrogen-bond acceptors (Lipinski definition) is 4. The minimum atomic E-state index is -4.75. The molecule has 1 aromatic rings. The van der Waals surface area contributed by atoms with Gasteiger partial charge in [0.15, 0.2) is 6.10 Å². The Morgan fingerprint density at radius 3 is 2.42 bits per heavy atom. The first-order valence-corrected chi connectivity index (χ1v) is 5.37. The number of hydrogen-bond donors (Lipinski definition) is 2. The molecule has 2 unspecified atom stereocenters. The maximum absolute atomic E-state index is 12.7. The second-order valence-electron chi connectivity index (χ2n) is 3.64. The van der Waals surface area contributed by atoms with Gasteiger partial charge in [0.2, 0.25) is 0 Å². The molecule has 0 amide bonds. The van der Waals surface area contributed by atoms with Crippen LogP contribution in [-0.4, -0.2) is 29.4 Å². The Hall–Kier alpha value is -1.31. The van der Waals surface area contributed by atoms with Crippen LogP contribution in [0, 0.1) is 0 Å². The van der Waals surface area contributed by atoms with Crippen LogP contribution >= 0.6 is 11.6 Å². The van der Waals surface area contributed by atoms with Crippen molar-refractivity contribution in [2.45, 2.75) is 18.4 Å². The second kappa shape index (κ2) is 5.77. The predicted molar refractivity (Wildman–Crippen MR) is 59.4 cm³/mol. The van der Waals surface area contributed by atoms with E-state index in [1.807, 2.05) is 0 Å². The number of aliphatic hydroxyl groups excluding tert-OH is 2. The SMILES string of the molecule is COC(=O)C(O)C(O)c1cc(Cl)ccc1C(F)(F)F. The minimum absolute atomic E-state index is 0.0703. The van der Waals surface area contributed by atoms with Crippen molar-refractivity contribution < 1.29 is 32.9 Å². The van der Waals surface area contributed by atoms with Crippen molar-refractivity contribution in [1.29, 1.82) is 0 Å². The third-order valence-electron chi connectivity index (χ3n) is 2.38. The number of esters is 1. The Bertz CT molecular complexity index is 475. The number of alkyl halides is 3. The van der Waals surface area contributed by atoms with Crippen LogP contribution in [0.15, 0.2) is 18.2 Å². The van der Waals surface area contributed by atoms with Crippen molar-refractivity contribution in [3.8, 4) is 0 Å². The van der Waals surface area contributed by atoms with E-state index >= 15 is 0 Å². The molecule has 19 heavy (non-hydrogen) atoms. The average Bonchev–Trinajstić information content (AvgIpc) is 2.34. The summed E-state index contributed by atoms with van der Waals surface area (Å²) in [5.74, 6) is -1.25. The molecule has 1 rings (SSSR count). The highest BCUT2D eigenvalue weighted by Gasteiger charge is 2.38. The van der Waals surface area contributed by atoms with Crippen LogP contribution in [0.4, 0.5) is 13.2 Å². The molecule has 0 aromatic heterocycles. The summed E-state index contributed by atoms with van der Waals surface area (Å²) in [5.41, 5.74) is -1.88. The fourth-order valence-corrected chi connectivity index (χ4v) is 1.64. The number of rotatable bonds is 3. The third-order valence-corrected chi connectivity index (χ3v) is 2.61. The quantitative estimate of drug-likeness (QED) is 0.837. The van der Waals surface area contributed by atoms with Crippen molar-refractivity contribution in [3.63, 3.8) is 0 Å². The number of carbonyl (C=O) groups excluding carboxylic acids is 1. The van der Waals surface area contributed by atoms with Crippen LogP contribution in [-0.2, 0) is 15.7 Å². The van der Waals surface area contributed by atoms with Gasteiger partial charge in [-0.25, -0.2) is 4.79 Å². The van der Waals surface area contributed by atoms with Gasteiger partial charge in [0.1, 0.15) is 6.10 Å². The van der Waals surface area contributed by atoms with Gasteiger partial charge < -0.3 is 14.9 Å². The van der Waals surface area contributed by atoms with Gasteiger partial charge in [0, 0.05) is 5.02 Å². The fourth-order valence-electron chi connectivity index (χ4n) is 1.46. The number of aliphatic hydroxyl groups is 2. The first-order valence-electron chi connectivity index (χ1n) is 4.99. The molecule has 2 atom stereocenters. The van der Waals surface area contributed by atoms with Crippen molar-refractivity contribution in [2.75, 3.05) is 7.11 Å². The Balaban J connectivity index is 3.25. The van der Waals surface area contributed by atoms with Gasteiger partial charge in [0.25, 0.3) is 0 Å². The van der Waals surface area contributed by atoms with E-state index in [1.165, 1.54) is 0 Å². The molecule has 2 N–H and O–H groups in total. The summed E-state index contributed by atoms with van der Waals surface area (Å²) in [4.78, 5) is 11.0. The Morgan fingerprint density at radius 2 is 1.95 bits per heavy atom. The molecule has 106 valence electrons. The number of benzene rings is 1. The topological polar surface area (TPSA) is 66.8 Å². The van der Waals surface area contributed by atoms with Gasteiger partial charge in [0.05, 0.1) is 12.7 Å². The molecule has 0 heterocycles. The number of halogens is 4. The van der Waals surface area contributed by atoms with Gasteiger partial charge >= 0.3 is 12.1 Å². The zero-order valence-corrected chi connectivity index (χ0v) is 10.4. The lowest BCUT2D eigenvalue weighted by atomic mass is 9.98. The number of methoxy groups -OCH3 is 1. The van der Waals surface area contributed by atoms with Crippen molar-refractivity contribution in [3.05, 3.63) is 34.3 Å². The molecular formula is C11H10ClF3O4. The summed E-state index contributed by atoms with van der Waals surface area (Å²) in [5, 5.41) is 19.0. The van der Waals surface area contributed by atoms with E-state index in [-0.39, 0.29) is 5.02 Å². The highest BCUT2D eigenvalue weighted by Crippen LogP contribution is 2.36. The lowest BCUT2D eigenvalue weighted by molar-refractivity contribution is -0.158. The normalized spacial score (nSPS) is 14.9.